The van der Waals surface area contributed by atoms with E-state index in [9.17, 15) is 19.0 Å². The van der Waals surface area contributed by atoms with Gasteiger partial charge in [0.05, 0.1) is 23.6 Å². The van der Waals surface area contributed by atoms with Crippen LogP contribution < -0.4 is 20.3 Å². The Morgan fingerprint density at radius 1 is 1.11 bits per heavy atom. The number of β-amino-alcohol motifs (C(OH)–C–C–N with tert-alkyl or cyclic N) is 1. The van der Waals surface area contributed by atoms with E-state index in [1.807, 2.05) is 43.3 Å². The quantitative estimate of drug-likeness (QED) is 0.210. The maximum Gasteiger partial charge on any atom is 0.251 e. The number of nitrogens with one attached hydrogen (secondary N) is 3. The van der Waals surface area contributed by atoms with Crippen LogP contribution in [0.4, 0.5) is 11.4 Å². The third-order valence-electron chi connectivity index (χ3n) is 7.58. The standard InChI is InChI=1S/C29H44N4O4S/c1-3-12-29(13-14-29)31-21-27(34)26(17-22-10-6-5-7-11-22)32-28(35)23-18-24(30-4-2)20-25(19-23)33-15-8-9-16-38(33,36)37/h5-7,10-11,18-20,26-27,30-31,34,36-37H,3-4,8-9,12-17,21H2,1-2H3,(H,32,35)/t26-,27+/m0/s1. The minimum atomic E-state index is -2.92. The van der Waals surface area contributed by atoms with Crippen molar-refractivity contribution in [2.45, 2.75) is 76.5 Å². The molecular formula is C29H44N4O4S. The van der Waals surface area contributed by atoms with Crippen LogP contribution in [0, 0.1) is 0 Å². The Balaban J connectivity index is 1.55. The molecule has 38 heavy (non-hydrogen) atoms. The summed E-state index contributed by atoms with van der Waals surface area (Å²) >= 11 is 0. The number of anilines is 2. The maximum absolute atomic E-state index is 13.6. The number of carbonyl (C=O) groups is 1. The number of amides is 1. The molecule has 6 N–H and O–H groups in total. The molecule has 1 amide bonds. The van der Waals surface area contributed by atoms with Crippen molar-refractivity contribution in [3.63, 3.8) is 0 Å². The Morgan fingerprint density at radius 2 is 1.87 bits per heavy atom. The van der Waals surface area contributed by atoms with Gasteiger partial charge in [-0.15, -0.1) is 10.8 Å². The van der Waals surface area contributed by atoms with Gasteiger partial charge in [-0.1, -0.05) is 43.7 Å². The molecule has 2 fully saturated rings. The van der Waals surface area contributed by atoms with Gasteiger partial charge in [0.15, 0.2) is 0 Å². The zero-order valence-electron chi connectivity index (χ0n) is 22.7. The van der Waals surface area contributed by atoms with Crippen LogP contribution in [0.2, 0.25) is 0 Å². The molecule has 1 saturated carbocycles. The minimum Gasteiger partial charge on any atom is -0.390 e. The Bertz CT molecular complexity index is 1060. The van der Waals surface area contributed by atoms with Gasteiger partial charge in [0.1, 0.15) is 0 Å². The summed E-state index contributed by atoms with van der Waals surface area (Å²) in [6, 6.07) is 14.8. The van der Waals surface area contributed by atoms with E-state index in [1.165, 1.54) is 0 Å². The lowest BCUT2D eigenvalue weighted by Gasteiger charge is -2.47. The summed E-state index contributed by atoms with van der Waals surface area (Å²) < 4.78 is 23.0. The van der Waals surface area contributed by atoms with Crippen LogP contribution in [0.1, 0.15) is 68.3 Å². The fourth-order valence-electron chi connectivity index (χ4n) is 5.31. The molecule has 2 aromatic carbocycles. The number of aliphatic hydroxyl groups is 1. The average molecular weight is 545 g/mol. The molecule has 1 aliphatic carbocycles. The second-order valence-corrected chi connectivity index (χ2v) is 12.8. The van der Waals surface area contributed by atoms with Crippen LogP contribution in [0.15, 0.2) is 48.5 Å². The summed E-state index contributed by atoms with van der Waals surface area (Å²) in [5.41, 5.74) is 2.94. The van der Waals surface area contributed by atoms with Gasteiger partial charge >= 0.3 is 0 Å². The summed E-state index contributed by atoms with van der Waals surface area (Å²) in [7, 11) is -2.92. The number of hydrogen-bond donors (Lipinski definition) is 6. The van der Waals surface area contributed by atoms with Crippen molar-refractivity contribution in [1.82, 2.24) is 10.6 Å². The van der Waals surface area contributed by atoms with Crippen LogP contribution in [-0.4, -0.2) is 63.2 Å². The summed E-state index contributed by atoms with van der Waals surface area (Å²) in [4.78, 5) is 13.6. The second kappa shape index (κ2) is 12.7. The SMILES string of the molecule is CCCC1(NC[C@@H](O)[C@H](Cc2ccccc2)NC(=O)c2cc(NCC)cc(N3CCCCS3(O)O)c2)CC1. The molecule has 0 radical (unpaired) electrons. The highest BCUT2D eigenvalue weighted by atomic mass is 32.3. The zero-order chi connectivity index (χ0) is 27.2. The summed E-state index contributed by atoms with van der Waals surface area (Å²) in [5.74, 6) is 0.0341. The number of rotatable bonds is 13. The third kappa shape index (κ3) is 7.42. The number of carbonyl (C=O) groups excluding carboxylic acids is 1. The van der Waals surface area contributed by atoms with Gasteiger partial charge in [-0.3, -0.25) is 18.2 Å². The fourth-order valence-corrected chi connectivity index (χ4v) is 6.99. The highest BCUT2D eigenvalue weighted by molar-refractivity contribution is 8.25. The van der Waals surface area contributed by atoms with E-state index < -0.39 is 22.9 Å². The molecule has 2 atom stereocenters. The molecule has 0 bridgehead atoms. The first kappa shape index (κ1) is 28.7. The van der Waals surface area contributed by atoms with Gasteiger partial charge < -0.3 is 21.1 Å². The third-order valence-corrected chi connectivity index (χ3v) is 9.51. The van der Waals surface area contributed by atoms with E-state index in [4.69, 9.17) is 0 Å². The molecule has 4 rings (SSSR count). The van der Waals surface area contributed by atoms with Crippen LogP contribution in [0.25, 0.3) is 0 Å². The fraction of sp³-hybridized carbons (Fsp3) is 0.552. The van der Waals surface area contributed by atoms with Crippen molar-refractivity contribution in [1.29, 1.82) is 0 Å². The van der Waals surface area contributed by atoms with Crippen LogP contribution in [0.3, 0.4) is 0 Å². The highest BCUT2D eigenvalue weighted by Crippen LogP contribution is 2.50. The van der Waals surface area contributed by atoms with E-state index in [2.05, 4.69) is 22.9 Å². The molecule has 0 aromatic heterocycles. The first-order valence-corrected chi connectivity index (χ1v) is 15.6. The average Bonchev–Trinajstić information content (AvgIpc) is 3.67. The second-order valence-electron chi connectivity index (χ2n) is 10.7. The van der Waals surface area contributed by atoms with E-state index in [-0.39, 0.29) is 11.4 Å². The Morgan fingerprint density at radius 3 is 2.53 bits per heavy atom. The Kier molecular flexibility index (Phi) is 9.59. The number of nitrogens with zero attached hydrogens (tertiary/aromatic N) is 1. The lowest BCUT2D eigenvalue weighted by atomic mass is 9.99. The highest BCUT2D eigenvalue weighted by Gasteiger charge is 2.41. The van der Waals surface area contributed by atoms with E-state index in [0.29, 0.717) is 43.1 Å². The molecule has 2 aliphatic rings. The first-order valence-electron chi connectivity index (χ1n) is 14.0. The Hall–Kier alpha value is -2.30. The Labute approximate surface area is 228 Å². The topological polar surface area (TPSA) is 117 Å². The first-order chi connectivity index (χ1) is 18.2. The van der Waals surface area contributed by atoms with E-state index in [0.717, 1.165) is 49.8 Å². The van der Waals surface area contributed by atoms with Crippen molar-refractivity contribution in [2.75, 3.05) is 35.0 Å². The molecule has 9 heteroatoms. The molecular weight excluding hydrogens is 500 g/mol. The molecule has 0 spiro atoms. The van der Waals surface area contributed by atoms with Gasteiger partial charge in [-0.05, 0) is 69.2 Å². The van der Waals surface area contributed by atoms with Crippen LogP contribution >= 0.6 is 10.8 Å². The van der Waals surface area contributed by atoms with E-state index in [1.54, 1.807) is 16.4 Å². The van der Waals surface area contributed by atoms with Crippen LogP contribution in [0.5, 0.6) is 0 Å². The normalized spacial score (nSPS) is 20.3. The van der Waals surface area contributed by atoms with E-state index >= 15 is 0 Å². The van der Waals surface area contributed by atoms with Crippen molar-refractivity contribution in [3.05, 3.63) is 59.7 Å². The minimum absolute atomic E-state index is 0.129. The van der Waals surface area contributed by atoms with Crippen molar-refractivity contribution < 1.29 is 19.0 Å². The lowest BCUT2D eigenvalue weighted by molar-refractivity contribution is 0.0821. The predicted octanol–water partition coefficient (Wildman–Crippen LogP) is 5.01. The summed E-state index contributed by atoms with van der Waals surface area (Å²) in [6.45, 7) is 5.76. The smallest absolute Gasteiger partial charge is 0.251 e. The van der Waals surface area contributed by atoms with Gasteiger partial charge in [0.25, 0.3) is 5.91 Å². The molecule has 210 valence electrons. The largest absolute Gasteiger partial charge is 0.390 e. The van der Waals surface area contributed by atoms with Crippen molar-refractivity contribution in [2.24, 2.45) is 0 Å². The monoisotopic (exact) mass is 544 g/mol. The lowest BCUT2D eigenvalue weighted by Crippen LogP contribution is -2.50. The van der Waals surface area contributed by atoms with Gasteiger partial charge in [-0.2, -0.15) is 0 Å². The molecule has 1 saturated heterocycles. The molecule has 2 aromatic rings. The van der Waals surface area contributed by atoms with Gasteiger partial charge in [-0.25, -0.2) is 0 Å². The molecule has 1 aliphatic heterocycles. The predicted molar refractivity (Wildman–Crippen MR) is 157 cm³/mol. The van der Waals surface area contributed by atoms with Crippen molar-refractivity contribution in [3.8, 4) is 0 Å². The van der Waals surface area contributed by atoms with Gasteiger partial charge in [0.2, 0.25) is 0 Å². The summed E-state index contributed by atoms with van der Waals surface area (Å²) in [6.07, 6.45) is 5.80. The zero-order valence-corrected chi connectivity index (χ0v) is 23.5. The number of aliphatic hydroxyl groups excluding tert-OH is 1. The number of hydrogen-bond acceptors (Lipinski definition) is 7. The molecule has 8 nitrogen and oxygen atoms in total. The van der Waals surface area contributed by atoms with Crippen molar-refractivity contribution >= 4 is 28.1 Å². The summed E-state index contributed by atoms with van der Waals surface area (Å²) in [5, 5.41) is 21.2. The maximum atomic E-state index is 13.6. The van der Waals surface area contributed by atoms with Crippen LogP contribution in [-0.2, 0) is 6.42 Å². The molecule has 0 unspecified atom stereocenters. The van der Waals surface area contributed by atoms with Gasteiger partial charge in [0, 0.05) is 36.4 Å². The molecule has 1 heterocycles. The number of benzene rings is 2.